The predicted octanol–water partition coefficient (Wildman–Crippen LogP) is 11.5. The van der Waals surface area contributed by atoms with Crippen molar-refractivity contribution in [1.82, 2.24) is 29.1 Å². The summed E-state index contributed by atoms with van der Waals surface area (Å²) in [5.41, 5.74) is 0.176. The molecule has 0 N–H and O–H groups in total. The third-order valence-electron chi connectivity index (χ3n) is 10.2. The Morgan fingerprint density at radius 3 is 1.36 bits per heavy atom. The lowest BCUT2D eigenvalue weighted by Gasteiger charge is -2.04. The number of carbonyl (C=O) groups excluding carboxylic acids is 2. The van der Waals surface area contributed by atoms with Crippen LogP contribution in [0.3, 0.4) is 0 Å². The van der Waals surface area contributed by atoms with Crippen molar-refractivity contribution in [3.05, 3.63) is 23.1 Å². The van der Waals surface area contributed by atoms with Gasteiger partial charge in [-0.1, -0.05) is 181 Å². The van der Waals surface area contributed by atoms with Crippen molar-refractivity contribution in [2.75, 3.05) is 0 Å². The Labute approximate surface area is 302 Å². The Hall–Kier alpha value is -2.97. The minimum absolute atomic E-state index is 0.0908. The average Bonchev–Trinajstić information content (AvgIpc) is 3.63. The number of fused-ring (bicyclic) bond motifs is 3. The van der Waals surface area contributed by atoms with Gasteiger partial charge in [-0.15, -0.1) is 0 Å². The van der Waals surface area contributed by atoms with Crippen LogP contribution in [0.15, 0.2) is 17.4 Å². The third kappa shape index (κ3) is 15.1. The largest absolute Gasteiger partial charge is 0.356 e. The van der Waals surface area contributed by atoms with Crippen molar-refractivity contribution < 1.29 is 9.59 Å². The van der Waals surface area contributed by atoms with E-state index < -0.39 is 5.69 Å². The molecule has 0 atom stereocenters. The van der Waals surface area contributed by atoms with Gasteiger partial charge in [-0.25, -0.2) is 24.3 Å². The van der Waals surface area contributed by atoms with Crippen LogP contribution >= 0.6 is 0 Å². The molecule has 0 amide bonds. The molecule has 2 aliphatic heterocycles. The average molecular weight is 693 g/mol. The number of hydrogen-bond acceptors (Lipinski definition) is 7. The highest BCUT2D eigenvalue weighted by Crippen LogP contribution is 2.24. The number of hydrogen-bond donors (Lipinski definition) is 0. The normalized spacial score (nSPS) is 11.6. The zero-order valence-corrected chi connectivity index (χ0v) is 31.8. The monoisotopic (exact) mass is 693 g/mol. The van der Waals surface area contributed by atoms with Crippen LogP contribution in [0.25, 0.3) is 22.7 Å². The van der Waals surface area contributed by atoms with E-state index in [-0.39, 0.29) is 29.8 Å². The molecule has 0 spiro atoms. The number of nitrogens with zero attached hydrogens (tertiary/aromatic N) is 6. The fraction of sp³-hybridized carbons (Fsp3) is 0.780. The Kier molecular flexibility index (Phi) is 21.5. The molecule has 9 heteroatoms. The second kappa shape index (κ2) is 25.9. The highest BCUT2D eigenvalue weighted by Gasteiger charge is 2.25. The van der Waals surface area contributed by atoms with Crippen LogP contribution < -0.4 is 5.69 Å². The van der Waals surface area contributed by atoms with Gasteiger partial charge in [0.2, 0.25) is 11.8 Å². The Bertz CT molecular complexity index is 1380. The zero-order chi connectivity index (χ0) is 35.7. The molecule has 2 aliphatic rings. The highest BCUT2D eigenvalue weighted by atomic mass is 16.2. The summed E-state index contributed by atoms with van der Waals surface area (Å²) in [6.45, 7) is 4.52. The van der Waals surface area contributed by atoms with E-state index in [0.29, 0.717) is 17.6 Å². The summed E-state index contributed by atoms with van der Waals surface area (Å²) in [5.74, 6) is -0.248. The molecular formula is C41H68N6O3. The van der Waals surface area contributed by atoms with Crippen molar-refractivity contribution >= 4 is 23.0 Å². The Morgan fingerprint density at radius 2 is 0.920 bits per heavy atom. The van der Waals surface area contributed by atoms with Gasteiger partial charge in [0.15, 0.2) is 11.5 Å². The van der Waals surface area contributed by atoms with E-state index in [4.69, 9.17) is 0 Å². The summed E-state index contributed by atoms with van der Waals surface area (Å²) in [6.07, 6.45) is 38.5. The lowest BCUT2D eigenvalue weighted by molar-refractivity contribution is 0.0890. The molecular weight excluding hydrogens is 624 g/mol. The van der Waals surface area contributed by atoms with Crippen molar-refractivity contribution in [2.24, 2.45) is 0 Å². The highest BCUT2D eigenvalue weighted by molar-refractivity contribution is 5.94. The molecule has 1 aromatic heterocycles. The second-order valence-electron chi connectivity index (χ2n) is 14.5. The van der Waals surface area contributed by atoms with E-state index in [0.717, 1.165) is 43.1 Å². The van der Waals surface area contributed by atoms with Gasteiger partial charge >= 0.3 is 5.69 Å². The van der Waals surface area contributed by atoms with Crippen LogP contribution in [-0.2, 0) is 0 Å². The molecule has 0 aromatic carbocycles. The number of aromatic nitrogens is 6. The lowest BCUT2D eigenvalue weighted by atomic mass is 10.0. The van der Waals surface area contributed by atoms with E-state index >= 15 is 0 Å². The topological polar surface area (TPSA) is 113 Å². The summed E-state index contributed by atoms with van der Waals surface area (Å²) in [6, 6.07) is 0. The minimum atomic E-state index is -0.654. The molecule has 0 unspecified atom stereocenters. The first-order valence-corrected chi connectivity index (χ1v) is 20.8. The Morgan fingerprint density at radius 1 is 0.520 bits per heavy atom. The molecule has 0 bridgehead atoms. The quantitative estimate of drug-likeness (QED) is 0.0639. The van der Waals surface area contributed by atoms with E-state index in [9.17, 15) is 14.4 Å². The van der Waals surface area contributed by atoms with Gasteiger partial charge in [0, 0.05) is 12.8 Å². The molecule has 0 saturated heterocycles. The van der Waals surface area contributed by atoms with Crippen molar-refractivity contribution in [3.8, 4) is 11.5 Å². The fourth-order valence-electron chi connectivity index (χ4n) is 7.02. The molecule has 280 valence electrons. The first-order valence-electron chi connectivity index (χ1n) is 20.8. The minimum Gasteiger partial charge on any atom is -0.274 e. The van der Waals surface area contributed by atoms with Gasteiger partial charge in [0.05, 0.1) is 0 Å². The van der Waals surface area contributed by atoms with Crippen LogP contribution in [0, 0.1) is 0 Å². The first-order chi connectivity index (χ1) is 24.6. The first kappa shape index (κ1) is 41.5. The van der Waals surface area contributed by atoms with Gasteiger partial charge in [0.1, 0.15) is 23.9 Å². The summed E-state index contributed by atoms with van der Waals surface area (Å²) >= 11 is 0. The molecule has 0 saturated carbocycles. The molecule has 50 heavy (non-hydrogen) atoms. The van der Waals surface area contributed by atoms with Crippen LogP contribution in [0.1, 0.15) is 216 Å². The molecule has 3 heterocycles. The number of unbranched alkanes of at least 4 members (excludes halogenated alkanes) is 26. The van der Waals surface area contributed by atoms with E-state index in [1.54, 1.807) is 0 Å². The van der Waals surface area contributed by atoms with Crippen molar-refractivity contribution in [1.29, 1.82) is 0 Å². The van der Waals surface area contributed by atoms with Gasteiger partial charge in [-0.05, 0) is 12.8 Å². The second-order valence-corrected chi connectivity index (χ2v) is 14.5. The van der Waals surface area contributed by atoms with Gasteiger partial charge < -0.3 is 0 Å². The van der Waals surface area contributed by atoms with Gasteiger partial charge in [0.25, 0.3) is 0 Å². The maximum absolute atomic E-state index is 13.1. The maximum atomic E-state index is 13.1. The van der Waals surface area contributed by atoms with Gasteiger partial charge in [-0.3, -0.25) is 14.2 Å². The Balaban J connectivity index is 1.31. The van der Waals surface area contributed by atoms with Crippen LogP contribution in [0.5, 0.6) is 0 Å². The summed E-state index contributed by atoms with van der Waals surface area (Å²) < 4.78 is 2.48. The smallest absolute Gasteiger partial charge is 0.274 e. The number of carbonyl (C=O) groups is 2. The predicted molar refractivity (Wildman–Crippen MR) is 205 cm³/mol. The van der Waals surface area contributed by atoms with Crippen molar-refractivity contribution in [2.45, 2.75) is 206 Å². The standard InChI is InChI=1S/C41H68N6O3/c1-3-5-7-9-11-13-15-16-17-18-19-20-22-24-26-28-30-32-36(49)47-40-38(45-41(47)50)37-39(42-33-43-40)46(34-44-37)35(48)31-29-27-25-23-21-14-12-10-8-6-4-2/h33-34H,3-32H2,1-2H3. The van der Waals surface area contributed by atoms with Crippen LogP contribution in [-0.4, -0.2) is 40.9 Å². The molecule has 9 nitrogen and oxygen atoms in total. The summed E-state index contributed by atoms with van der Waals surface area (Å²) in [7, 11) is 0. The number of imidazole rings is 2. The summed E-state index contributed by atoms with van der Waals surface area (Å²) in [4.78, 5) is 56.2. The fourth-order valence-corrected chi connectivity index (χ4v) is 7.02. The summed E-state index contributed by atoms with van der Waals surface area (Å²) in [5, 5.41) is 0. The van der Waals surface area contributed by atoms with Gasteiger partial charge in [-0.2, -0.15) is 4.98 Å². The molecule has 0 aliphatic carbocycles. The molecule has 1 aromatic rings. The zero-order valence-electron chi connectivity index (χ0n) is 31.8. The van der Waals surface area contributed by atoms with E-state index in [2.05, 4.69) is 33.8 Å². The van der Waals surface area contributed by atoms with E-state index in [1.807, 2.05) is 0 Å². The van der Waals surface area contributed by atoms with Crippen molar-refractivity contribution in [3.63, 3.8) is 0 Å². The van der Waals surface area contributed by atoms with Crippen LogP contribution in [0.4, 0.5) is 0 Å². The lowest BCUT2D eigenvalue weighted by Crippen LogP contribution is -2.24. The third-order valence-corrected chi connectivity index (χ3v) is 10.2. The molecule has 0 fully saturated rings. The number of rotatable bonds is 30. The van der Waals surface area contributed by atoms with Crippen LogP contribution in [0.2, 0.25) is 0 Å². The van der Waals surface area contributed by atoms with E-state index in [1.165, 1.54) is 158 Å². The maximum Gasteiger partial charge on any atom is 0.356 e. The molecule has 3 rings (SSSR count). The molecule has 0 radical (unpaired) electrons. The SMILES string of the molecule is CCCCCCCCCCCCCCCCCCCC(=O)n1c2ncnc3c(ncn3C(=O)CCCCCCCCCCCCC)c-2nc1=O.